The summed E-state index contributed by atoms with van der Waals surface area (Å²) in [5.41, 5.74) is 2.91. The normalized spacial score (nSPS) is 15.1. The summed E-state index contributed by atoms with van der Waals surface area (Å²) in [4.78, 5) is 39.4. The van der Waals surface area contributed by atoms with E-state index in [4.69, 9.17) is 16.6 Å². The number of carbonyl (C=O) groups is 3. The maximum atomic E-state index is 13.0. The Hall–Kier alpha value is -3.84. The molecule has 178 valence electrons. The van der Waals surface area contributed by atoms with E-state index in [9.17, 15) is 14.4 Å². The van der Waals surface area contributed by atoms with Crippen LogP contribution in [0.25, 0.3) is 17.0 Å². The number of benzene rings is 2. The second kappa shape index (κ2) is 10.6. The molecule has 0 atom stereocenters. The molecule has 0 aliphatic carbocycles. The van der Waals surface area contributed by atoms with Crippen LogP contribution in [0.1, 0.15) is 53.4 Å². The number of amides is 2. The molecule has 1 N–H and O–H groups in total. The minimum Gasteiger partial charge on any atom is -0.453 e. The van der Waals surface area contributed by atoms with Crippen molar-refractivity contribution in [2.24, 2.45) is 0 Å². The van der Waals surface area contributed by atoms with Crippen molar-refractivity contribution in [3.63, 3.8) is 0 Å². The number of carbonyl (C=O) groups excluding carboxylic acids is 3. The van der Waals surface area contributed by atoms with Crippen LogP contribution >= 0.6 is 12.2 Å². The van der Waals surface area contributed by atoms with Gasteiger partial charge in [0.15, 0.2) is 10.9 Å². The van der Waals surface area contributed by atoms with E-state index in [-0.39, 0.29) is 28.8 Å². The number of nitrogens with zero attached hydrogens (tertiary/aromatic N) is 1. The largest absolute Gasteiger partial charge is 0.453 e. The summed E-state index contributed by atoms with van der Waals surface area (Å²) in [6.45, 7) is 5.99. The highest BCUT2D eigenvalue weighted by atomic mass is 32.1. The van der Waals surface area contributed by atoms with E-state index in [1.54, 1.807) is 24.3 Å². The van der Waals surface area contributed by atoms with Crippen molar-refractivity contribution in [3.05, 3.63) is 89.2 Å². The zero-order chi connectivity index (χ0) is 24.9. The van der Waals surface area contributed by atoms with Crippen molar-refractivity contribution in [3.8, 4) is 0 Å². The van der Waals surface area contributed by atoms with Crippen LogP contribution < -0.4 is 5.32 Å². The second-order valence-electron chi connectivity index (χ2n) is 8.41. The molecule has 2 aromatic carbocycles. The average Bonchev–Trinajstić information content (AvgIpc) is 3.28. The molecule has 1 saturated heterocycles. The molecule has 3 aromatic rings. The van der Waals surface area contributed by atoms with Crippen molar-refractivity contribution in [1.82, 2.24) is 10.2 Å². The van der Waals surface area contributed by atoms with Gasteiger partial charge in [0, 0.05) is 17.5 Å². The van der Waals surface area contributed by atoms with Gasteiger partial charge in [-0.1, -0.05) is 56.2 Å². The lowest BCUT2D eigenvalue weighted by atomic mass is 10.0. The number of hydrogen-bond donors (Lipinski definition) is 1. The Labute approximate surface area is 209 Å². The van der Waals surface area contributed by atoms with Crippen LogP contribution in [0.15, 0.2) is 71.2 Å². The fourth-order valence-electron chi connectivity index (χ4n) is 3.96. The topological polar surface area (TPSA) is 79.6 Å². The van der Waals surface area contributed by atoms with Crippen LogP contribution in [0.4, 0.5) is 0 Å². The molecule has 1 aliphatic rings. The SMILES string of the molecule is C=CCN1C(=O)C(=Cc2ccc3oc(C(=O)c4ccc(CCCCC)cc4)cc3c2)C(=O)NC1=S. The Morgan fingerprint density at radius 2 is 1.89 bits per heavy atom. The van der Waals surface area contributed by atoms with Crippen LogP contribution in [0, 0.1) is 0 Å². The Bertz CT molecular complexity index is 1350. The molecule has 35 heavy (non-hydrogen) atoms. The Kier molecular flexibility index (Phi) is 7.36. The zero-order valence-electron chi connectivity index (χ0n) is 19.5. The maximum absolute atomic E-state index is 13.0. The first kappa shape index (κ1) is 24.3. The van der Waals surface area contributed by atoms with Crippen molar-refractivity contribution in [1.29, 1.82) is 0 Å². The third kappa shape index (κ3) is 5.30. The fraction of sp³-hybridized carbons (Fsp3) is 0.214. The van der Waals surface area contributed by atoms with E-state index < -0.39 is 11.8 Å². The molecule has 2 heterocycles. The predicted octanol–water partition coefficient (Wildman–Crippen LogP) is 5.21. The number of furan rings is 1. The van der Waals surface area contributed by atoms with Gasteiger partial charge in [0.25, 0.3) is 11.8 Å². The average molecular weight is 487 g/mol. The number of nitrogens with one attached hydrogen (secondary N) is 1. The van der Waals surface area contributed by atoms with Gasteiger partial charge in [-0.05, 0) is 60.5 Å². The standard InChI is InChI=1S/C28H26N2O4S/c1-3-5-6-7-18-8-11-20(12-9-18)25(31)24-17-21-15-19(10-13-23(21)34-24)16-22-26(32)29-28(35)30(14-4-2)27(22)33/h4,8-13,15-17H,2-3,5-7,14H2,1H3,(H,29,32,35). The number of aryl methyl sites for hydroxylation is 1. The van der Waals surface area contributed by atoms with Gasteiger partial charge in [0.1, 0.15) is 11.2 Å². The summed E-state index contributed by atoms with van der Waals surface area (Å²) in [6, 6.07) is 14.5. The summed E-state index contributed by atoms with van der Waals surface area (Å²) < 4.78 is 5.79. The number of ketones is 1. The molecule has 0 bridgehead atoms. The summed E-state index contributed by atoms with van der Waals surface area (Å²) in [5.74, 6) is -1.00. The van der Waals surface area contributed by atoms with Crippen LogP contribution in [-0.4, -0.2) is 34.2 Å². The molecule has 1 fully saturated rings. The highest BCUT2D eigenvalue weighted by molar-refractivity contribution is 7.80. The summed E-state index contributed by atoms with van der Waals surface area (Å²) in [6.07, 6.45) is 7.54. The van der Waals surface area contributed by atoms with Gasteiger partial charge < -0.3 is 4.42 Å². The number of thiocarbonyl (C=S) groups is 1. The van der Waals surface area contributed by atoms with Crippen LogP contribution in [0.3, 0.4) is 0 Å². The molecular weight excluding hydrogens is 460 g/mol. The van der Waals surface area contributed by atoms with Crippen molar-refractivity contribution in [2.75, 3.05) is 6.54 Å². The van der Waals surface area contributed by atoms with Gasteiger partial charge >= 0.3 is 0 Å². The van der Waals surface area contributed by atoms with E-state index in [0.29, 0.717) is 22.1 Å². The van der Waals surface area contributed by atoms with Crippen LogP contribution in [-0.2, 0) is 16.0 Å². The summed E-state index contributed by atoms with van der Waals surface area (Å²) in [5, 5.41) is 3.28. The van der Waals surface area contributed by atoms with Gasteiger partial charge in [0.2, 0.25) is 5.78 Å². The molecule has 4 rings (SSSR count). The van der Waals surface area contributed by atoms with E-state index in [1.165, 1.54) is 35.5 Å². The molecule has 6 nitrogen and oxygen atoms in total. The molecule has 0 saturated carbocycles. The molecule has 1 aliphatic heterocycles. The maximum Gasteiger partial charge on any atom is 0.265 e. The lowest BCUT2D eigenvalue weighted by Gasteiger charge is -2.27. The lowest BCUT2D eigenvalue weighted by molar-refractivity contribution is -0.128. The third-order valence-corrected chi connectivity index (χ3v) is 6.18. The van der Waals surface area contributed by atoms with Gasteiger partial charge in [-0.25, -0.2) is 0 Å². The van der Waals surface area contributed by atoms with Crippen molar-refractivity contribution >= 4 is 52.0 Å². The Morgan fingerprint density at radius 3 is 2.60 bits per heavy atom. The first-order chi connectivity index (χ1) is 16.9. The number of rotatable bonds is 9. The predicted molar refractivity (Wildman–Crippen MR) is 140 cm³/mol. The molecule has 7 heteroatoms. The van der Waals surface area contributed by atoms with Crippen LogP contribution in [0.5, 0.6) is 0 Å². The van der Waals surface area contributed by atoms with E-state index in [1.807, 2.05) is 24.3 Å². The molecular formula is C28H26N2O4S. The van der Waals surface area contributed by atoms with Crippen molar-refractivity contribution in [2.45, 2.75) is 32.6 Å². The van der Waals surface area contributed by atoms with Crippen LogP contribution in [0.2, 0.25) is 0 Å². The number of hydrogen-bond acceptors (Lipinski definition) is 5. The highest BCUT2D eigenvalue weighted by Gasteiger charge is 2.32. The molecule has 2 amide bonds. The first-order valence-corrected chi connectivity index (χ1v) is 12.0. The quantitative estimate of drug-likeness (QED) is 0.112. The van der Waals surface area contributed by atoms with Gasteiger partial charge in [-0.15, -0.1) is 6.58 Å². The molecule has 1 aromatic heterocycles. The fourth-order valence-corrected chi connectivity index (χ4v) is 4.21. The zero-order valence-corrected chi connectivity index (χ0v) is 20.3. The minimum absolute atomic E-state index is 0.0291. The third-order valence-electron chi connectivity index (χ3n) is 5.86. The van der Waals surface area contributed by atoms with E-state index in [0.717, 1.165) is 12.8 Å². The molecule has 0 unspecified atom stereocenters. The first-order valence-electron chi connectivity index (χ1n) is 11.6. The monoisotopic (exact) mass is 486 g/mol. The second-order valence-corrected chi connectivity index (χ2v) is 8.80. The highest BCUT2D eigenvalue weighted by Crippen LogP contribution is 2.25. The van der Waals surface area contributed by atoms with Crippen molar-refractivity contribution < 1.29 is 18.8 Å². The van der Waals surface area contributed by atoms with Gasteiger partial charge in [-0.3, -0.25) is 24.6 Å². The number of fused-ring (bicyclic) bond motifs is 1. The van der Waals surface area contributed by atoms with Gasteiger partial charge in [0.05, 0.1) is 0 Å². The summed E-state index contributed by atoms with van der Waals surface area (Å²) >= 11 is 5.08. The molecule has 0 spiro atoms. The van der Waals surface area contributed by atoms with E-state index in [2.05, 4.69) is 18.8 Å². The smallest absolute Gasteiger partial charge is 0.265 e. The van der Waals surface area contributed by atoms with E-state index >= 15 is 0 Å². The Balaban J connectivity index is 1.56. The number of unbranched alkanes of at least 4 members (excludes halogenated alkanes) is 2. The summed E-state index contributed by atoms with van der Waals surface area (Å²) in [7, 11) is 0. The molecule has 0 radical (unpaired) electrons. The minimum atomic E-state index is -0.554. The lowest BCUT2D eigenvalue weighted by Crippen LogP contribution is -2.53. The Morgan fingerprint density at radius 1 is 1.11 bits per heavy atom. The van der Waals surface area contributed by atoms with Gasteiger partial charge in [-0.2, -0.15) is 0 Å².